The Kier molecular flexibility index (Phi) is 13.0. The molecule has 1 aliphatic rings. The highest BCUT2D eigenvalue weighted by Gasteiger charge is 2.31. The third kappa shape index (κ3) is 10.8. The minimum absolute atomic E-state index is 0.157. The van der Waals surface area contributed by atoms with Gasteiger partial charge in [0.15, 0.2) is 0 Å². The molecule has 0 radical (unpaired) electrons. The fraction of sp³-hybridized carbons (Fsp3) is 0.700. The third-order valence-electron chi connectivity index (χ3n) is 5.19. The molecule has 0 saturated carbocycles. The van der Waals surface area contributed by atoms with E-state index >= 15 is 0 Å². The normalized spacial score (nSPS) is 17.7. The van der Waals surface area contributed by atoms with Crippen molar-refractivity contribution in [2.24, 2.45) is 5.73 Å². The van der Waals surface area contributed by atoms with Crippen LogP contribution in [0.5, 0.6) is 0 Å². The monoisotopic (exact) mass is 503 g/mol. The van der Waals surface area contributed by atoms with Gasteiger partial charge in [0.25, 0.3) is 0 Å². The zero-order valence-electron chi connectivity index (χ0n) is 19.0. The SMILES string of the molecule is CSCCC(NC(=O)C(CCC(=O)O)NC(=O)C1CCCN1)C(=O)NC(CCC(N)=O)C(=O)O. The van der Waals surface area contributed by atoms with Crippen molar-refractivity contribution in [2.75, 3.05) is 18.6 Å². The Morgan fingerprint density at radius 2 is 1.53 bits per heavy atom. The number of hydrogen-bond donors (Lipinski definition) is 7. The molecule has 192 valence electrons. The summed E-state index contributed by atoms with van der Waals surface area (Å²) in [5.74, 6) is -4.75. The fourth-order valence-electron chi connectivity index (χ4n) is 3.31. The van der Waals surface area contributed by atoms with Crippen LogP contribution in [0.2, 0.25) is 0 Å². The van der Waals surface area contributed by atoms with Crippen LogP contribution >= 0.6 is 11.8 Å². The molecule has 0 aromatic heterocycles. The van der Waals surface area contributed by atoms with Crippen LogP contribution in [-0.2, 0) is 28.8 Å². The number of primary amides is 1. The lowest BCUT2D eigenvalue weighted by atomic mass is 10.1. The Morgan fingerprint density at radius 3 is 2.03 bits per heavy atom. The van der Waals surface area contributed by atoms with Crippen LogP contribution in [0.4, 0.5) is 0 Å². The Labute approximate surface area is 201 Å². The minimum atomic E-state index is -1.38. The molecule has 0 aliphatic carbocycles. The predicted molar refractivity (Wildman–Crippen MR) is 123 cm³/mol. The van der Waals surface area contributed by atoms with Gasteiger partial charge in [-0.3, -0.25) is 24.0 Å². The number of carbonyl (C=O) groups excluding carboxylic acids is 4. The average Bonchev–Trinajstić information content (AvgIpc) is 3.31. The molecule has 1 saturated heterocycles. The van der Waals surface area contributed by atoms with Crippen LogP contribution in [0.3, 0.4) is 0 Å². The van der Waals surface area contributed by atoms with E-state index in [0.29, 0.717) is 18.7 Å². The second-order valence-electron chi connectivity index (χ2n) is 7.89. The number of amides is 4. The Balaban J connectivity index is 2.91. The van der Waals surface area contributed by atoms with E-state index in [1.165, 1.54) is 11.8 Å². The van der Waals surface area contributed by atoms with Crippen LogP contribution in [0, 0.1) is 0 Å². The van der Waals surface area contributed by atoms with E-state index in [4.69, 9.17) is 10.8 Å². The van der Waals surface area contributed by atoms with Gasteiger partial charge in [-0.15, -0.1) is 0 Å². The van der Waals surface area contributed by atoms with E-state index in [0.717, 1.165) is 6.42 Å². The first-order valence-corrected chi connectivity index (χ1v) is 12.3. The van der Waals surface area contributed by atoms with Crippen LogP contribution in [0.25, 0.3) is 0 Å². The summed E-state index contributed by atoms with van der Waals surface area (Å²) in [5.41, 5.74) is 5.05. The number of nitrogens with one attached hydrogen (secondary N) is 4. The quantitative estimate of drug-likeness (QED) is 0.125. The molecule has 0 aromatic carbocycles. The number of carboxylic acids is 2. The van der Waals surface area contributed by atoms with Gasteiger partial charge in [0.1, 0.15) is 18.1 Å². The van der Waals surface area contributed by atoms with E-state index in [2.05, 4.69) is 21.3 Å². The summed E-state index contributed by atoms with van der Waals surface area (Å²) in [6, 6.07) is -4.20. The standard InChI is InChI=1S/C20H33N5O8S/c1-34-10-8-13(19(31)25-14(20(32)33)4-6-15(21)26)24-18(30)12(5-7-16(27)28)23-17(29)11-3-2-9-22-11/h11-14,22H,2-10H2,1H3,(H2,21,26)(H,23,29)(H,24,30)(H,25,31)(H,27,28)(H,32,33). The lowest BCUT2D eigenvalue weighted by Gasteiger charge is -2.25. The highest BCUT2D eigenvalue weighted by Crippen LogP contribution is 2.09. The zero-order valence-corrected chi connectivity index (χ0v) is 19.8. The fourth-order valence-corrected chi connectivity index (χ4v) is 3.78. The van der Waals surface area contributed by atoms with Gasteiger partial charge in [-0.1, -0.05) is 0 Å². The van der Waals surface area contributed by atoms with Gasteiger partial charge in [-0.25, -0.2) is 4.79 Å². The zero-order chi connectivity index (χ0) is 25.7. The van der Waals surface area contributed by atoms with Gasteiger partial charge in [0, 0.05) is 12.8 Å². The molecule has 4 unspecified atom stereocenters. The maximum absolute atomic E-state index is 12.9. The van der Waals surface area contributed by atoms with Gasteiger partial charge in [-0.05, 0) is 50.7 Å². The Hall–Kier alpha value is -2.87. The second kappa shape index (κ2) is 15.1. The summed E-state index contributed by atoms with van der Waals surface area (Å²) in [6.07, 6.45) is 2.28. The average molecular weight is 504 g/mol. The molecule has 4 atom stereocenters. The van der Waals surface area contributed by atoms with Crippen molar-refractivity contribution in [1.29, 1.82) is 0 Å². The van der Waals surface area contributed by atoms with E-state index in [1.54, 1.807) is 6.26 Å². The topological polar surface area (TPSA) is 217 Å². The number of nitrogens with two attached hydrogens (primary N) is 1. The summed E-state index contributed by atoms with van der Waals surface area (Å²) >= 11 is 1.40. The molecule has 1 fully saturated rings. The molecular formula is C20H33N5O8S. The smallest absolute Gasteiger partial charge is 0.326 e. The first-order valence-electron chi connectivity index (χ1n) is 10.9. The maximum Gasteiger partial charge on any atom is 0.326 e. The number of rotatable bonds is 16. The molecule has 13 nitrogen and oxygen atoms in total. The molecular weight excluding hydrogens is 470 g/mol. The Bertz CT molecular complexity index is 759. The number of thioether (sulfide) groups is 1. The summed E-state index contributed by atoms with van der Waals surface area (Å²) in [5, 5.41) is 28.7. The highest BCUT2D eigenvalue weighted by atomic mass is 32.2. The lowest BCUT2D eigenvalue weighted by molar-refractivity contribution is -0.142. The molecule has 0 aromatic rings. The van der Waals surface area contributed by atoms with E-state index in [-0.39, 0.29) is 32.1 Å². The highest BCUT2D eigenvalue weighted by molar-refractivity contribution is 7.98. The van der Waals surface area contributed by atoms with Crippen molar-refractivity contribution < 1.29 is 39.0 Å². The van der Waals surface area contributed by atoms with E-state index in [9.17, 15) is 33.9 Å². The Morgan fingerprint density at radius 1 is 0.941 bits per heavy atom. The van der Waals surface area contributed by atoms with Crippen molar-refractivity contribution in [1.82, 2.24) is 21.3 Å². The van der Waals surface area contributed by atoms with Gasteiger partial charge >= 0.3 is 11.9 Å². The molecule has 1 rings (SSSR count). The van der Waals surface area contributed by atoms with Crippen LogP contribution in [-0.4, -0.2) is 88.5 Å². The lowest BCUT2D eigenvalue weighted by Crippen LogP contribution is -2.57. The van der Waals surface area contributed by atoms with E-state index < -0.39 is 59.7 Å². The molecule has 14 heteroatoms. The van der Waals surface area contributed by atoms with Crippen molar-refractivity contribution in [3.8, 4) is 0 Å². The molecule has 0 bridgehead atoms. The van der Waals surface area contributed by atoms with Crippen LogP contribution in [0.15, 0.2) is 0 Å². The van der Waals surface area contributed by atoms with Crippen LogP contribution < -0.4 is 27.0 Å². The maximum atomic E-state index is 12.9. The van der Waals surface area contributed by atoms with Crippen molar-refractivity contribution >= 4 is 47.3 Å². The van der Waals surface area contributed by atoms with Crippen molar-refractivity contribution in [3.05, 3.63) is 0 Å². The molecule has 1 heterocycles. The molecule has 4 amide bonds. The molecule has 34 heavy (non-hydrogen) atoms. The summed E-state index contributed by atoms with van der Waals surface area (Å²) in [7, 11) is 0. The largest absolute Gasteiger partial charge is 0.481 e. The van der Waals surface area contributed by atoms with Gasteiger partial charge in [0.2, 0.25) is 23.6 Å². The summed E-state index contributed by atoms with van der Waals surface area (Å²) in [4.78, 5) is 71.6. The number of hydrogen-bond acceptors (Lipinski definition) is 8. The van der Waals surface area contributed by atoms with Gasteiger partial charge in [0.05, 0.1) is 6.04 Å². The van der Waals surface area contributed by atoms with Crippen molar-refractivity contribution in [3.63, 3.8) is 0 Å². The van der Waals surface area contributed by atoms with Crippen molar-refractivity contribution in [2.45, 2.75) is 69.1 Å². The van der Waals surface area contributed by atoms with Crippen LogP contribution in [0.1, 0.15) is 44.9 Å². The first kappa shape index (κ1) is 29.2. The number of carbonyl (C=O) groups is 6. The predicted octanol–water partition coefficient (Wildman–Crippen LogP) is -1.84. The van der Waals surface area contributed by atoms with Gasteiger partial charge in [-0.2, -0.15) is 11.8 Å². The summed E-state index contributed by atoms with van der Waals surface area (Å²) < 4.78 is 0. The summed E-state index contributed by atoms with van der Waals surface area (Å²) in [6.45, 7) is 0.654. The second-order valence-corrected chi connectivity index (χ2v) is 8.88. The number of aliphatic carboxylic acids is 2. The molecule has 1 aliphatic heterocycles. The first-order chi connectivity index (χ1) is 16.0. The number of carboxylic acid groups (broad SMARTS) is 2. The molecule has 8 N–H and O–H groups in total. The van der Waals surface area contributed by atoms with Gasteiger partial charge < -0.3 is 37.2 Å². The molecule has 0 spiro atoms. The minimum Gasteiger partial charge on any atom is -0.481 e. The third-order valence-corrected chi connectivity index (χ3v) is 5.84. The van der Waals surface area contributed by atoms with E-state index in [1.807, 2.05) is 0 Å².